The Labute approximate surface area is 154 Å². The van der Waals surface area contributed by atoms with E-state index in [-0.39, 0.29) is 11.5 Å². The number of carbonyl (C=O) groups excluding carboxylic acids is 1. The summed E-state index contributed by atoms with van der Waals surface area (Å²) in [5.74, 6) is 1.65. The number of hydrogen-bond donors (Lipinski definition) is 1. The van der Waals surface area contributed by atoms with Gasteiger partial charge in [-0.3, -0.25) is 4.79 Å². The Morgan fingerprint density at radius 3 is 2.28 bits per heavy atom. The van der Waals surface area contributed by atoms with Crippen molar-refractivity contribution < 1.29 is 19.0 Å². The van der Waals surface area contributed by atoms with Gasteiger partial charge in [0.25, 0.3) is 0 Å². The van der Waals surface area contributed by atoms with Crippen molar-refractivity contribution in [3.63, 3.8) is 0 Å². The summed E-state index contributed by atoms with van der Waals surface area (Å²) >= 11 is 2.72. The van der Waals surface area contributed by atoms with Crippen LogP contribution in [-0.4, -0.2) is 32.9 Å². The molecule has 25 heavy (non-hydrogen) atoms. The lowest BCUT2D eigenvalue weighted by molar-refractivity contribution is 0.104. The van der Waals surface area contributed by atoms with Crippen LogP contribution in [0.3, 0.4) is 0 Å². The molecule has 0 spiro atoms. The molecular weight excluding hydrogens is 360 g/mol. The van der Waals surface area contributed by atoms with Crippen LogP contribution in [0.2, 0.25) is 0 Å². The Morgan fingerprint density at radius 1 is 1.24 bits per heavy atom. The second kappa shape index (κ2) is 8.14. The van der Waals surface area contributed by atoms with Gasteiger partial charge in [0.1, 0.15) is 16.5 Å². The molecule has 0 radical (unpaired) electrons. The highest BCUT2D eigenvalue weighted by molar-refractivity contribution is 8.01. The third-order valence-electron chi connectivity index (χ3n) is 3.43. The van der Waals surface area contributed by atoms with E-state index in [0.717, 1.165) is 9.96 Å². The predicted molar refractivity (Wildman–Crippen MR) is 99.4 cm³/mol. The monoisotopic (exact) mass is 378 g/mol. The second-order valence-electron chi connectivity index (χ2n) is 4.80. The first-order valence-corrected chi connectivity index (χ1v) is 9.12. The molecule has 0 bridgehead atoms. The first kappa shape index (κ1) is 19.0. The van der Waals surface area contributed by atoms with E-state index in [1.165, 1.54) is 44.4 Å². The number of anilines is 1. The second-order valence-corrected chi connectivity index (χ2v) is 7.35. The highest BCUT2D eigenvalue weighted by Gasteiger charge is 2.24. The number of ether oxygens (including phenoxy) is 3. The van der Waals surface area contributed by atoms with Gasteiger partial charge in [-0.05, 0) is 17.9 Å². The summed E-state index contributed by atoms with van der Waals surface area (Å²) in [5, 5.41) is 9.32. The summed E-state index contributed by atoms with van der Waals surface area (Å²) in [6, 6.07) is 5.22. The van der Waals surface area contributed by atoms with Crippen LogP contribution in [0.25, 0.3) is 0 Å². The minimum atomic E-state index is -0.291. The highest BCUT2D eigenvalue weighted by atomic mass is 32.2. The van der Waals surface area contributed by atoms with Gasteiger partial charge in [0, 0.05) is 5.56 Å². The van der Waals surface area contributed by atoms with Gasteiger partial charge >= 0.3 is 0 Å². The van der Waals surface area contributed by atoms with Gasteiger partial charge in [0.05, 0.1) is 31.2 Å². The van der Waals surface area contributed by atoms with E-state index in [2.05, 4.69) is 6.07 Å². The zero-order valence-corrected chi connectivity index (χ0v) is 16.0. The normalized spacial score (nSPS) is 10.2. The molecule has 2 rings (SSSR count). The summed E-state index contributed by atoms with van der Waals surface area (Å²) < 4.78 is 16.6. The lowest BCUT2D eigenvalue weighted by atomic mass is 10.1. The van der Waals surface area contributed by atoms with Crippen LogP contribution in [0, 0.1) is 11.3 Å². The number of nitrogens with zero attached hydrogens (tertiary/aromatic N) is 1. The maximum atomic E-state index is 12.9. The fourth-order valence-corrected chi connectivity index (χ4v) is 4.54. The van der Waals surface area contributed by atoms with E-state index in [1.807, 2.05) is 6.92 Å². The number of carbonyl (C=O) groups is 1. The van der Waals surface area contributed by atoms with Crippen LogP contribution in [0.15, 0.2) is 16.3 Å². The SMILES string of the molecule is CCSc1sc(C(=O)c2cc(OC)c(OC)c(OC)c2)c(N)c1C#N. The van der Waals surface area contributed by atoms with Crippen LogP contribution in [0.1, 0.15) is 27.7 Å². The summed E-state index contributed by atoms with van der Waals surface area (Å²) in [7, 11) is 4.45. The number of ketones is 1. The zero-order chi connectivity index (χ0) is 18.6. The number of thiophene rings is 1. The molecule has 8 heteroatoms. The minimum Gasteiger partial charge on any atom is -0.493 e. The lowest BCUT2D eigenvalue weighted by Gasteiger charge is -2.13. The standard InChI is InChI=1S/C17H18N2O4S2/c1-5-24-17-10(8-18)13(19)16(25-17)14(20)9-6-11(21-2)15(23-4)12(7-9)22-3/h6-7H,5,19H2,1-4H3. The van der Waals surface area contributed by atoms with Crippen molar-refractivity contribution in [3.05, 3.63) is 28.1 Å². The van der Waals surface area contributed by atoms with Gasteiger partial charge in [-0.25, -0.2) is 0 Å². The molecule has 1 aromatic carbocycles. The number of nitrogen functional groups attached to an aromatic ring is 1. The van der Waals surface area contributed by atoms with Crippen LogP contribution >= 0.6 is 23.1 Å². The molecule has 0 unspecified atom stereocenters. The number of thioether (sulfide) groups is 1. The Kier molecular flexibility index (Phi) is 6.17. The van der Waals surface area contributed by atoms with Crippen molar-refractivity contribution in [2.75, 3.05) is 32.8 Å². The summed E-state index contributed by atoms with van der Waals surface area (Å²) in [6.07, 6.45) is 0. The van der Waals surface area contributed by atoms with E-state index < -0.39 is 0 Å². The minimum absolute atomic E-state index is 0.210. The summed E-state index contributed by atoms with van der Waals surface area (Å²) in [5.41, 5.74) is 6.96. The molecule has 2 N–H and O–H groups in total. The van der Waals surface area contributed by atoms with Crippen molar-refractivity contribution in [2.24, 2.45) is 0 Å². The van der Waals surface area contributed by atoms with E-state index in [9.17, 15) is 10.1 Å². The van der Waals surface area contributed by atoms with E-state index in [4.69, 9.17) is 19.9 Å². The molecule has 0 fully saturated rings. The Hall–Kier alpha value is -2.37. The Morgan fingerprint density at radius 2 is 1.84 bits per heavy atom. The van der Waals surface area contributed by atoms with Gasteiger partial charge in [-0.2, -0.15) is 5.26 Å². The Balaban J connectivity index is 2.57. The number of nitriles is 1. The van der Waals surface area contributed by atoms with E-state index in [1.54, 1.807) is 12.1 Å². The lowest BCUT2D eigenvalue weighted by Crippen LogP contribution is -2.05. The fourth-order valence-electron chi connectivity index (χ4n) is 2.27. The number of rotatable bonds is 7. The topological polar surface area (TPSA) is 94.6 Å². The van der Waals surface area contributed by atoms with Crippen molar-refractivity contribution >= 4 is 34.6 Å². The van der Waals surface area contributed by atoms with Crippen molar-refractivity contribution in [1.29, 1.82) is 5.26 Å². The quantitative estimate of drug-likeness (QED) is 0.581. The third-order valence-corrected chi connectivity index (χ3v) is 5.79. The van der Waals surface area contributed by atoms with Crippen molar-refractivity contribution in [2.45, 2.75) is 11.1 Å². The number of benzene rings is 1. The molecular formula is C17H18N2O4S2. The summed E-state index contributed by atoms with van der Waals surface area (Å²) in [4.78, 5) is 13.3. The molecule has 0 aliphatic heterocycles. The Bertz CT molecular complexity index is 815. The molecule has 0 saturated heterocycles. The van der Waals surface area contributed by atoms with E-state index in [0.29, 0.717) is 33.3 Å². The largest absolute Gasteiger partial charge is 0.493 e. The maximum absolute atomic E-state index is 12.9. The number of hydrogen-bond acceptors (Lipinski definition) is 8. The smallest absolute Gasteiger partial charge is 0.205 e. The average molecular weight is 378 g/mol. The first-order valence-electron chi connectivity index (χ1n) is 7.32. The summed E-state index contributed by atoms with van der Waals surface area (Å²) in [6.45, 7) is 1.97. The zero-order valence-electron chi connectivity index (χ0n) is 14.3. The van der Waals surface area contributed by atoms with Gasteiger partial charge in [0.2, 0.25) is 11.5 Å². The average Bonchev–Trinajstić information content (AvgIpc) is 2.95. The van der Waals surface area contributed by atoms with Crippen LogP contribution in [0.4, 0.5) is 5.69 Å². The molecule has 132 valence electrons. The third kappa shape index (κ3) is 3.52. The number of methoxy groups -OCH3 is 3. The van der Waals surface area contributed by atoms with Crippen LogP contribution < -0.4 is 19.9 Å². The molecule has 1 aromatic heterocycles. The van der Waals surface area contributed by atoms with Gasteiger partial charge < -0.3 is 19.9 Å². The molecule has 0 amide bonds. The maximum Gasteiger partial charge on any atom is 0.205 e. The van der Waals surface area contributed by atoms with Gasteiger partial charge in [0.15, 0.2) is 11.5 Å². The molecule has 2 aromatic rings. The van der Waals surface area contributed by atoms with Crippen molar-refractivity contribution in [1.82, 2.24) is 0 Å². The predicted octanol–water partition coefficient (Wildman–Crippen LogP) is 3.57. The van der Waals surface area contributed by atoms with Gasteiger partial charge in [-0.15, -0.1) is 23.1 Å². The highest BCUT2D eigenvalue weighted by Crippen LogP contribution is 2.42. The molecule has 0 saturated carbocycles. The molecule has 0 atom stereocenters. The van der Waals surface area contributed by atoms with Crippen LogP contribution in [-0.2, 0) is 0 Å². The van der Waals surface area contributed by atoms with Crippen molar-refractivity contribution in [3.8, 4) is 23.3 Å². The number of nitrogens with two attached hydrogens (primary N) is 1. The molecule has 6 nitrogen and oxygen atoms in total. The molecule has 1 heterocycles. The van der Waals surface area contributed by atoms with Crippen LogP contribution in [0.5, 0.6) is 17.2 Å². The fraction of sp³-hybridized carbons (Fsp3) is 0.294. The molecule has 0 aliphatic rings. The van der Waals surface area contributed by atoms with Gasteiger partial charge in [-0.1, -0.05) is 6.92 Å². The first-order chi connectivity index (χ1) is 12.0. The van der Waals surface area contributed by atoms with E-state index >= 15 is 0 Å². The molecule has 0 aliphatic carbocycles.